The van der Waals surface area contributed by atoms with E-state index >= 15 is 0 Å². The van der Waals surface area contributed by atoms with E-state index in [1.165, 1.54) is 25.4 Å². The molecule has 1 saturated heterocycles. The minimum atomic E-state index is -4.75. The second-order valence-electron chi connectivity index (χ2n) is 9.29. The first-order valence-electron chi connectivity index (χ1n) is 12.3. The maximum atomic E-state index is 13.9. The first-order chi connectivity index (χ1) is 18.4. The zero-order valence-corrected chi connectivity index (χ0v) is 21.9. The SMILES string of the molecule is CCOc1c(C(=O)N[C@@H](C)c2ccc(F)c(C)c2)cc(CN2CCOC2=N)cc1-c1cn(C)nc1C(F)(F)F. The lowest BCUT2D eigenvalue weighted by atomic mass is 9.96. The van der Waals surface area contributed by atoms with Crippen molar-refractivity contribution in [3.8, 4) is 16.9 Å². The lowest BCUT2D eigenvalue weighted by Gasteiger charge is -2.21. The molecule has 2 heterocycles. The number of carbonyl (C=O) groups is 1. The highest BCUT2D eigenvalue weighted by Crippen LogP contribution is 2.42. The number of ether oxygens (including phenoxy) is 2. The molecule has 1 atom stereocenters. The molecule has 0 spiro atoms. The van der Waals surface area contributed by atoms with Crippen LogP contribution in [0.25, 0.3) is 11.1 Å². The molecular formula is C27H29F4N5O3. The average molecular weight is 548 g/mol. The Morgan fingerprint density at radius 2 is 2.00 bits per heavy atom. The van der Waals surface area contributed by atoms with Crippen molar-refractivity contribution in [2.45, 2.75) is 39.5 Å². The summed E-state index contributed by atoms with van der Waals surface area (Å²) in [6.45, 7) is 5.96. The second-order valence-corrected chi connectivity index (χ2v) is 9.29. The third kappa shape index (κ3) is 5.99. The van der Waals surface area contributed by atoms with Crippen molar-refractivity contribution in [2.24, 2.45) is 7.05 Å². The number of halogens is 4. The van der Waals surface area contributed by atoms with E-state index in [1.807, 2.05) is 0 Å². The Morgan fingerprint density at radius 1 is 1.26 bits per heavy atom. The topological polar surface area (TPSA) is 92.5 Å². The number of alkyl halides is 3. The first kappa shape index (κ1) is 27.9. The molecule has 0 radical (unpaired) electrons. The van der Waals surface area contributed by atoms with Crippen LogP contribution in [0.3, 0.4) is 0 Å². The van der Waals surface area contributed by atoms with Gasteiger partial charge in [-0.05, 0) is 55.7 Å². The molecule has 208 valence electrons. The van der Waals surface area contributed by atoms with Crippen LogP contribution < -0.4 is 10.1 Å². The molecule has 1 amide bonds. The predicted molar refractivity (Wildman–Crippen MR) is 136 cm³/mol. The van der Waals surface area contributed by atoms with Crippen molar-refractivity contribution in [1.82, 2.24) is 20.0 Å². The van der Waals surface area contributed by atoms with Gasteiger partial charge < -0.3 is 19.7 Å². The number of amidine groups is 1. The molecule has 0 unspecified atom stereocenters. The number of benzene rings is 2. The summed E-state index contributed by atoms with van der Waals surface area (Å²) in [4.78, 5) is 15.2. The Hall–Kier alpha value is -4.09. The summed E-state index contributed by atoms with van der Waals surface area (Å²) in [6, 6.07) is 6.95. The predicted octanol–water partition coefficient (Wildman–Crippen LogP) is 5.21. The minimum absolute atomic E-state index is 0.0208. The molecule has 0 aliphatic carbocycles. The molecule has 1 aliphatic heterocycles. The highest BCUT2D eigenvalue weighted by Gasteiger charge is 2.38. The number of nitrogens with zero attached hydrogens (tertiary/aromatic N) is 3. The van der Waals surface area contributed by atoms with Crippen LogP contribution in [-0.4, -0.2) is 46.4 Å². The van der Waals surface area contributed by atoms with Crippen molar-refractivity contribution >= 4 is 11.9 Å². The van der Waals surface area contributed by atoms with Crippen molar-refractivity contribution < 1.29 is 31.8 Å². The van der Waals surface area contributed by atoms with Crippen molar-refractivity contribution in [1.29, 1.82) is 5.41 Å². The van der Waals surface area contributed by atoms with Gasteiger partial charge in [-0.2, -0.15) is 18.3 Å². The Labute approximate surface area is 223 Å². The fraction of sp³-hybridized carbons (Fsp3) is 0.370. The molecule has 4 rings (SSSR count). The molecule has 0 bridgehead atoms. The van der Waals surface area contributed by atoms with Crippen molar-refractivity contribution in [3.05, 3.63) is 70.3 Å². The summed E-state index contributed by atoms with van der Waals surface area (Å²) in [7, 11) is 1.38. The molecule has 1 fully saturated rings. The molecule has 1 aliphatic rings. The van der Waals surface area contributed by atoms with E-state index < -0.39 is 23.8 Å². The van der Waals surface area contributed by atoms with Gasteiger partial charge in [0.15, 0.2) is 5.69 Å². The number of hydrogen-bond donors (Lipinski definition) is 2. The van der Waals surface area contributed by atoms with Crippen LogP contribution in [0.2, 0.25) is 0 Å². The number of amides is 1. The van der Waals surface area contributed by atoms with E-state index in [-0.39, 0.29) is 47.4 Å². The smallest absolute Gasteiger partial charge is 0.435 e. The van der Waals surface area contributed by atoms with E-state index in [1.54, 1.807) is 43.9 Å². The summed E-state index contributed by atoms with van der Waals surface area (Å²) < 4.78 is 67.7. The second kappa shape index (κ2) is 11.0. The molecule has 1 aromatic heterocycles. The Balaban J connectivity index is 1.83. The van der Waals surface area contributed by atoms with E-state index in [9.17, 15) is 22.4 Å². The zero-order valence-electron chi connectivity index (χ0n) is 21.9. The van der Waals surface area contributed by atoms with Gasteiger partial charge in [-0.25, -0.2) is 4.39 Å². The van der Waals surface area contributed by atoms with Crippen LogP contribution in [0.4, 0.5) is 17.6 Å². The first-order valence-corrected chi connectivity index (χ1v) is 12.3. The molecule has 39 heavy (non-hydrogen) atoms. The number of carbonyl (C=O) groups excluding carboxylic acids is 1. The Kier molecular flexibility index (Phi) is 7.84. The molecule has 3 aromatic rings. The van der Waals surface area contributed by atoms with Gasteiger partial charge in [-0.15, -0.1) is 0 Å². The largest absolute Gasteiger partial charge is 0.492 e. The van der Waals surface area contributed by atoms with Crippen LogP contribution in [0.15, 0.2) is 36.5 Å². The fourth-order valence-corrected chi connectivity index (χ4v) is 4.45. The molecule has 12 heteroatoms. The summed E-state index contributed by atoms with van der Waals surface area (Å²) in [6.07, 6.45) is -3.52. The monoisotopic (exact) mass is 547 g/mol. The third-order valence-corrected chi connectivity index (χ3v) is 6.36. The van der Waals surface area contributed by atoms with Gasteiger partial charge in [0.05, 0.1) is 24.8 Å². The average Bonchev–Trinajstić information content (AvgIpc) is 3.46. The molecular weight excluding hydrogens is 518 g/mol. The Bertz CT molecular complexity index is 1400. The Morgan fingerprint density at radius 3 is 2.62 bits per heavy atom. The summed E-state index contributed by atoms with van der Waals surface area (Å²) in [5, 5.41) is 14.4. The van der Waals surface area contributed by atoms with Crippen LogP contribution in [0, 0.1) is 18.2 Å². The fourth-order valence-electron chi connectivity index (χ4n) is 4.45. The van der Waals surface area contributed by atoms with Crippen molar-refractivity contribution in [3.63, 3.8) is 0 Å². The van der Waals surface area contributed by atoms with Crippen LogP contribution in [-0.2, 0) is 24.5 Å². The zero-order chi connectivity index (χ0) is 28.5. The standard InChI is InChI=1S/C27H29F4N5O3/c1-5-38-23-19(21-14-35(4)34-24(21)27(29,30)31)11-17(13-36-8-9-39-26(36)32)12-20(23)25(37)33-16(3)18-6-7-22(28)15(2)10-18/h6-7,10-12,14,16,32H,5,8-9,13H2,1-4H3,(H,33,37)/t16-/m0/s1. The summed E-state index contributed by atoms with van der Waals surface area (Å²) in [5.74, 6) is -0.977. The van der Waals surface area contributed by atoms with E-state index in [2.05, 4.69) is 10.4 Å². The lowest BCUT2D eigenvalue weighted by molar-refractivity contribution is -0.140. The van der Waals surface area contributed by atoms with Gasteiger partial charge in [0.1, 0.15) is 18.2 Å². The van der Waals surface area contributed by atoms with Gasteiger partial charge in [0, 0.05) is 30.9 Å². The lowest BCUT2D eigenvalue weighted by Crippen LogP contribution is -2.28. The number of hydrogen-bond acceptors (Lipinski definition) is 5. The number of aromatic nitrogens is 2. The van der Waals surface area contributed by atoms with Gasteiger partial charge in [0.25, 0.3) is 11.9 Å². The van der Waals surface area contributed by atoms with Crippen LogP contribution in [0.5, 0.6) is 5.75 Å². The van der Waals surface area contributed by atoms with Crippen molar-refractivity contribution in [2.75, 3.05) is 19.8 Å². The third-order valence-electron chi connectivity index (χ3n) is 6.36. The highest BCUT2D eigenvalue weighted by molar-refractivity contribution is 6.00. The minimum Gasteiger partial charge on any atom is -0.492 e. The normalized spacial score (nSPS) is 14.4. The van der Waals surface area contributed by atoms with E-state index in [4.69, 9.17) is 14.9 Å². The van der Waals surface area contributed by atoms with Gasteiger partial charge in [0.2, 0.25) is 0 Å². The summed E-state index contributed by atoms with van der Waals surface area (Å²) in [5.41, 5.74) is 0.290. The van der Waals surface area contributed by atoms with Gasteiger partial charge >= 0.3 is 6.18 Å². The molecule has 2 aromatic carbocycles. The molecule has 2 N–H and O–H groups in total. The van der Waals surface area contributed by atoms with Crippen LogP contribution in [0.1, 0.15) is 52.6 Å². The molecule has 0 saturated carbocycles. The van der Waals surface area contributed by atoms with Gasteiger partial charge in [-0.1, -0.05) is 12.1 Å². The number of rotatable bonds is 8. The van der Waals surface area contributed by atoms with Gasteiger partial charge in [-0.3, -0.25) is 14.9 Å². The number of aryl methyl sites for hydroxylation is 2. The van der Waals surface area contributed by atoms with Crippen LogP contribution >= 0.6 is 0 Å². The van der Waals surface area contributed by atoms with E-state index in [0.29, 0.717) is 29.8 Å². The number of nitrogens with one attached hydrogen (secondary N) is 2. The molecule has 8 nitrogen and oxygen atoms in total. The summed E-state index contributed by atoms with van der Waals surface area (Å²) >= 11 is 0. The maximum absolute atomic E-state index is 13.9. The van der Waals surface area contributed by atoms with E-state index in [0.717, 1.165) is 4.68 Å². The highest BCUT2D eigenvalue weighted by atomic mass is 19.4. The maximum Gasteiger partial charge on any atom is 0.435 e. The quantitative estimate of drug-likeness (QED) is 0.378.